The van der Waals surface area contributed by atoms with Crippen molar-refractivity contribution in [2.24, 2.45) is 23.9 Å². The first kappa shape index (κ1) is 41.1. The quantitative estimate of drug-likeness (QED) is 0.0564. The van der Waals surface area contributed by atoms with Gasteiger partial charge < -0.3 is 30.7 Å². The van der Waals surface area contributed by atoms with Crippen molar-refractivity contribution in [2.75, 3.05) is 18.9 Å². The number of hydrogen-bond acceptors (Lipinski definition) is 14. The van der Waals surface area contributed by atoms with E-state index >= 15 is 0 Å². The van der Waals surface area contributed by atoms with Crippen molar-refractivity contribution in [2.45, 2.75) is 63.8 Å². The standard InChI is InChI=1S/C30H36N6O8S2.C2HF3O2/c1-30(2)23(28(38)36(30)44-46(39,40)41)14-25(37)27(24-17-45-29(32)33-24)34-42-16-22-10-7-19-13-18(8-11-26(19)43-22)20-6-9-21(5-4-12-31)35(3)15-20;3-2(4,5)1(6)7/h6,8-9,11,13,15,17,22-23H,4-5,7,10,12,14,16,31H2,1-3H3,(H2-,32,33,39,40,41);(H,6,7)/b34-27-;/t22-,23+;/m0./s1. The van der Waals surface area contributed by atoms with E-state index in [-0.39, 0.29) is 35.7 Å². The Kier molecular flexibility index (Phi) is 12.8. The summed E-state index contributed by atoms with van der Waals surface area (Å²) in [6.45, 7) is 3.67. The number of alkyl halides is 3. The number of nitrogens with zero attached hydrogens (tertiary/aromatic N) is 4. The largest absolute Gasteiger partial charge is 0.724 e. The number of amides is 1. The van der Waals surface area contributed by atoms with Crippen LogP contribution in [0.3, 0.4) is 0 Å². The number of fused-ring (bicyclic) bond motifs is 1. The van der Waals surface area contributed by atoms with Gasteiger partial charge in [-0.15, -0.1) is 11.3 Å². The second-order valence-corrected chi connectivity index (χ2v) is 14.4. The highest BCUT2D eigenvalue weighted by atomic mass is 32.3. The van der Waals surface area contributed by atoms with Gasteiger partial charge in [0.15, 0.2) is 35.1 Å². The smallest absolute Gasteiger partial charge is 0.490 e. The number of Topliss-reactive ketones (excluding diaryl/α,β-unsaturated/α-hetero) is 1. The summed E-state index contributed by atoms with van der Waals surface area (Å²) in [6.07, 6.45) is -0.370. The number of ketones is 1. The van der Waals surface area contributed by atoms with Crippen molar-refractivity contribution < 1.29 is 64.1 Å². The number of nitrogens with two attached hydrogens (primary N) is 2. The number of β-lactam (4-membered cyclic amide) rings is 1. The van der Waals surface area contributed by atoms with E-state index in [1.54, 1.807) is 5.38 Å². The second kappa shape index (κ2) is 16.5. The molecule has 21 heteroatoms. The fourth-order valence-electron chi connectivity index (χ4n) is 5.56. The van der Waals surface area contributed by atoms with Crippen LogP contribution >= 0.6 is 11.3 Å². The molecule has 5 N–H and O–H groups in total. The zero-order valence-electron chi connectivity index (χ0n) is 28.7. The SMILES string of the molecule is C[n+]1cc(-c2ccc3c(c2)CC[C@@H](CO/N=C(\C(=O)C[C@@H]2C(=O)N(OS(=O)(=O)[O-])C2(C)C)c2csc(N)n2)O3)ccc1CCCN.O=C(O)C(F)(F)F. The third kappa shape index (κ3) is 10.5. The van der Waals surface area contributed by atoms with Gasteiger partial charge in [0.05, 0.1) is 11.5 Å². The van der Waals surface area contributed by atoms with Crippen molar-refractivity contribution >= 4 is 50.2 Å². The summed E-state index contributed by atoms with van der Waals surface area (Å²) in [4.78, 5) is 44.5. The molecule has 0 radical (unpaired) electrons. The zero-order chi connectivity index (χ0) is 39.3. The molecule has 1 fully saturated rings. The first-order valence-electron chi connectivity index (χ1n) is 15.9. The van der Waals surface area contributed by atoms with E-state index in [4.69, 9.17) is 30.9 Å². The molecule has 0 saturated carbocycles. The molecule has 2 aliphatic rings. The number of nitrogen functional groups attached to an aromatic ring is 1. The highest BCUT2D eigenvalue weighted by Gasteiger charge is 2.57. The number of oxime groups is 1. The Morgan fingerprint density at radius 1 is 1.25 bits per heavy atom. The van der Waals surface area contributed by atoms with Crippen molar-refractivity contribution in [3.8, 4) is 16.9 Å². The summed E-state index contributed by atoms with van der Waals surface area (Å²) in [5, 5.41) is 13.4. The number of halogens is 3. The molecule has 0 bridgehead atoms. The van der Waals surface area contributed by atoms with Crippen LogP contribution < -0.4 is 20.8 Å². The van der Waals surface area contributed by atoms with Crippen LogP contribution in [0.15, 0.2) is 47.1 Å². The number of carbonyl (C=O) groups is 3. The molecule has 0 aliphatic carbocycles. The van der Waals surface area contributed by atoms with E-state index in [0.717, 1.165) is 53.0 Å². The number of thiazole rings is 1. The molecule has 2 atom stereocenters. The number of carboxylic acid groups (broad SMARTS) is 1. The van der Waals surface area contributed by atoms with Gasteiger partial charge in [-0.1, -0.05) is 11.2 Å². The monoisotopic (exact) mass is 786 g/mol. The highest BCUT2D eigenvalue weighted by Crippen LogP contribution is 2.41. The van der Waals surface area contributed by atoms with Crippen LogP contribution in [-0.4, -0.2) is 82.5 Å². The number of rotatable bonds is 13. The van der Waals surface area contributed by atoms with Crippen LogP contribution in [0.5, 0.6) is 5.75 Å². The molecule has 5 rings (SSSR count). The number of ether oxygens (including phenoxy) is 1. The maximum Gasteiger partial charge on any atom is 0.490 e. The van der Waals surface area contributed by atoms with Crippen LogP contribution in [0, 0.1) is 5.92 Å². The van der Waals surface area contributed by atoms with Gasteiger partial charge in [-0.2, -0.15) is 22.5 Å². The maximum absolute atomic E-state index is 13.3. The third-order valence-corrected chi connectivity index (χ3v) is 9.42. The average Bonchev–Trinajstić information content (AvgIpc) is 3.51. The van der Waals surface area contributed by atoms with Gasteiger partial charge in [-0.3, -0.25) is 9.59 Å². The number of benzene rings is 1. The number of hydrogen-bond donors (Lipinski definition) is 3. The molecule has 1 saturated heterocycles. The van der Waals surface area contributed by atoms with Crippen molar-refractivity contribution in [1.29, 1.82) is 0 Å². The van der Waals surface area contributed by atoms with Gasteiger partial charge in [-0.05, 0) is 69.0 Å². The summed E-state index contributed by atoms with van der Waals surface area (Å²) in [5.74, 6) is -4.38. The van der Waals surface area contributed by atoms with Crippen molar-refractivity contribution in [3.63, 3.8) is 0 Å². The Bertz CT molecular complexity index is 1990. The highest BCUT2D eigenvalue weighted by molar-refractivity contribution is 7.80. The molecule has 4 heterocycles. The lowest BCUT2D eigenvalue weighted by molar-refractivity contribution is -0.678. The molecule has 1 amide bonds. The Morgan fingerprint density at radius 3 is 2.49 bits per heavy atom. The van der Waals surface area contributed by atoms with Crippen LogP contribution in [0.2, 0.25) is 0 Å². The van der Waals surface area contributed by atoms with Crippen LogP contribution in [0.25, 0.3) is 11.1 Å². The average molecular weight is 787 g/mol. The first-order chi connectivity index (χ1) is 24.7. The topological polar surface area (TPSA) is 241 Å². The Morgan fingerprint density at radius 2 is 1.92 bits per heavy atom. The van der Waals surface area contributed by atoms with E-state index < -0.39 is 45.7 Å². The molecular weight excluding hydrogens is 750 g/mol. The number of hydroxylamine groups is 2. The van der Waals surface area contributed by atoms with Crippen molar-refractivity contribution in [3.05, 3.63) is 58.9 Å². The normalized spacial score (nSPS) is 18.2. The molecular formula is C32H37F3N6O10S2. The van der Waals surface area contributed by atoms with Gasteiger partial charge in [0, 0.05) is 29.9 Å². The predicted octanol–water partition coefficient (Wildman–Crippen LogP) is 2.44. The van der Waals surface area contributed by atoms with Crippen LogP contribution in [0.1, 0.15) is 50.1 Å². The molecule has 1 aromatic carbocycles. The number of aliphatic carboxylic acids is 1. The summed E-state index contributed by atoms with van der Waals surface area (Å²) >= 11 is 1.10. The van der Waals surface area contributed by atoms with Gasteiger partial charge in [-0.25, -0.2) is 22.8 Å². The van der Waals surface area contributed by atoms with E-state index in [9.17, 15) is 35.7 Å². The molecule has 53 heavy (non-hydrogen) atoms. The minimum absolute atomic E-state index is 0.0501. The molecule has 288 valence electrons. The second-order valence-electron chi connectivity index (χ2n) is 12.6. The number of aromatic nitrogens is 2. The van der Waals surface area contributed by atoms with E-state index in [0.29, 0.717) is 18.0 Å². The molecule has 16 nitrogen and oxygen atoms in total. The lowest BCUT2D eigenvalue weighted by Crippen LogP contribution is -2.68. The number of carboxylic acids is 1. The van der Waals surface area contributed by atoms with Crippen LogP contribution in [0.4, 0.5) is 18.3 Å². The zero-order valence-corrected chi connectivity index (χ0v) is 30.3. The van der Waals surface area contributed by atoms with E-state index in [1.807, 2.05) is 19.2 Å². The number of anilines is 1. The lowest BCUT2D eigenvalue weighted by Gasteiger charge is -2.51. The molecule has 0 unspecified atom stereocenters. The molecule has 3 aromatic rings. The summed E-state index contributed by atoms with van der Waals surface area (Å²) in [6, 6.07) is 10.3. The minimum Gasteiger partial charge on any atom is -0.724 e. The predicted molar refractivity (Wildman–Crippen MR) is 181 cm³/mol. The number of aryl methyl sites for hydroxylation is 3. The van der Waals surface area contributed by atoms with E-state index in [2.05, 4.69) is 43.4 Å². The Labute approximate surface area is 306 Å². The third-order valence-electron chi connectivity index (χ3n) is 8.42. The van der Waals surface area contributed by atoms with Crippen LogP contribution in [-0.2, 0) is 53.8 Å². The summed E-state index contributed by atoms with van der Waals surface area (Å²) in [5.41, 5.74) is 14.7. The molecule has 2 aliphatic heterocycles. The number of pyridine rings is 1. The Hall–Kier alpha value is -4.70. The fraction of sp³-hybridized carbons (Fsp3) is 0.438. The summed E-state index contributed by atoms with van der Waals surface area (Å²) < 4.78 is 77.4. The first-order valence-corrected chi connectivity index (χ1v) is 18.1. The number of carbonyl (C=O) groups excluding carboxylic acids is 2. The van der Waals surface area contributed by atoms with E-state index in [1.165, 1.54) is 19.5 Å². The fourth-order valence-corrected chi connectivity index (χ4v) is 6.56. The summed E-state index contributed by atoms with van der Waals surface area (Å²) in [7, 11) is -3.14. The molecule has 0 spiro atoms. The molecule has 2 aromatic heterocycles. The Balaban J connectivity index is 0.000000815. The minimum atomic E-state index is -5.17. The van der Waals surface area contributed by atoms with Gasteiger partial charge >= 0.3 is 12.1 Å². The van der Waals surface area contributed by atoms with Gasteiger partial charge in [0.2, 0.25) is 10.4 Å². The van der Waals surface area contributed by atoms with Gasteiger partial charge in [0.25, 0.3) is 5.91 Å². The lowest BCUT2D eigenvalue weighted by atomic mass is 9.74. The van der Waals surface area contributed by atoms with Crippen molar-refractivity contribution in [1.82, 2.24) is 10.0 Å². The van der Waals surface area contributed by atoms with Gasteiger partial charge in [0.1, 0.15) is 24.6 Å². The maximum atomic E-state index is 13.3.